The smallest absolute Gasteiger partial charge is 0.170 e. The van der Waals surface area contributed by atoms with Gasteiger partial charge < -0.3 is 5.11 Å². The van der Waals surface area contributed by atoms with Gasteiger partial charge in [-0.1, -0.05) is 6.92 Å². The highest BCUT2D eigenvalue weighted by molar-refractivity contribution is 4.60. The molecule has 0 saturated heterocycles. The van der Waals surface area contributed by atoms with Gasteiger partial charge in [-0.3, -0.25) is 0 Å². The molecule has 0 spiro atoms. The van der Waals surface area contributed by atoms with Gasteiger partial charge in [0.25, 0.3) is 0 Å². The van der Waals surface area contributed by atoms with E-state index in [2.05, 4.69) is 10.2 Å². The summed E-state index contributed by atoms with van der Waals surface area (Å²) in [5.41, 5.74) is -1.01. The highest BCUT2D eigenvalue weighted by Gasteiger charge is 2.09. The number of rotatable bonds is 3. The maximum absolute atomic E-state index is 9.10. The van der Waals surface area contributed by atoms with Gasteiger partial charge in [0, 0.05) is 0 Å². The molecular formula is C7H16N2O. The van der Waals surface area contributed by atoms with Gasteiger partial charge in [-0.25, -0.2) is 0 Å². The van der Waals surface area contributed by atoms with Crippen molar-refractivity contribution in [2.24, 2.45) is 10.2 Å². The lowest BCUT2D eigenvalue weighted by Gasteiger charge is -2.09. The molecule has 1 N–H and O–H groups in total. The van der Waals surface area contributed by atoms with E-state index >= 15 is 0 Å². The molecule has 0 aromatic heterocycles. The topological polar surface area (TPSA) is 45.0 Å². The predicted octanol–water partition coefficient (Wildman–Crippen LogP) is 1.97. The van der Waals surface area contributed by atoms with Crippen molar-refractivity contribution < 1.29 is 5.11 Å². The molecule has 0 saturated carbocycles. The Morgan fingerprint density at radius 3 is 2.30 bits per heavy atom. The van der Waals surface area contributed by atoms with Crippen molar-refractivity contribution in [3.05, 3.63) is 0 Å². The van der Waals surface area contributed by atoms with Crippen LogP contribution in [0.4, 0.5) is 0 Å². The first-order valence-corrected chi connectivity index (χ1v) is 3.60. The van der Waals surface area contributed by atoms with Crippen molar-refractivity contribution in [1.29, 1.82) is 0 Å². The van der Waals surface area contributed by atoms with E-state index in [0.717, 1.165) is 6.42 Å². The number of hydrogen-bond donors (Lipinski definition) is 1. The van der Waals surface area contributed by atoms with Crippen molar-refractivity contribution in [1.82, 2.24) is 0 Å². The van der Waals surface area contributed by atoms with E-state index in [9.17, 15) is 0 Å². The van der Waals surface area contributed by atoms with E-state index in [0.29, 0.717) is 0 Å². The molecule has 0 aliphatic carbocycles. The van der Waals surface area contributed by atoms with E-state index < -0.39 is 5.72 Å². The van der Waals surface area contributed by atoms with Crippen molar-refractivity contribution in [2.45, 2.75) is 45.9 Å². The molecule has 3 nitrogen and oxygen atoms in total. The first-order valence-electron chi connectivity index (χ1n) is 3.60. The minimum Gasteiger partial charge on any atom is -0.368 e. The van der Waals surface area contributed by atoms with Crippen LogP contribution in [0.25, 0.3) is 0 Å². The van der Waals surface area contributed by atoms with E-state index in [1.54, 1.807) is 13.8 Å². The third-order valence-corrected chi connectivity index (χ3v) is 1.09. The number of hydrogen-bond acceptors (Lipinski definition) is 3. The summed E-state index contributed by atoms with van der Waals surface area (Å²) in [6.45, 7) is 7.22. The van der Waals surface area contributed by atoms with Crippen molar-refractivity contribution in [3.63, 3.8) is 0 Å². The Kier molecular flexibility index (Phi) is 3.50. The molecule has 0 aliphatic heterocycles. The second kappa shape index (κ2) is 3.66. The molecule has 0 aromatic carbocycles. The summed E-state index contributed by atoms with van der Waals surface area (Å²) in [5.74, 6) is 0. The van der Waals surface area contributed by atoms with Crippen LogP contribution in [0.1, 0.15) is 34.1 Å². The fraction of sp³-hybridized carbons (Fsp3) is 1.00. The van der Waals surface area contributed by atoms with Gasteiger partial charge in [0.05, 0.1) is 6.04 Å². The van der Waals surface area contributed by atoms with Crippen LogP contribution in [0.15, 0.2) is 10.2 Å². The first-order chi connectivity index (χ1) is 4.45. The van der Waals surface area contributed by atoms with E-state index in [1.807, 2.05) is 13.8 Å². The molecule has 0 bridgehead atoms. The summed E-state index contributed by atoms with van der Waals surface area (Å²) < 4.78 is 0. The lowest BCUT2D eigenvalue weighted by Crippen LogP contribution is -2.14. The van der Waals surface area contributed by atoms with Gasteiger partial charge in [0.2, 0.25) is 0 Å². The van der Waals surface area contributed by atoms with Gasteiger partial charge in [0.1, 0.15) is 0 Å². The Labute approximate surface area is 62.2 Å². The first kappa shape index (κ1) is 9.56. The zero-order valence-corrected chi connectivity index (χ0v) is 7.13. The van der Waals surface area contributed by atoms with Crippen LogP contribution in [0, 0.1) is 0 Å². The average Bonchev–Trinajstić information content (AvgIpc) is 1.81. The molecule has 0 fully saturated rings. The Morgan fingerprint density at radius 2 is 2.00 bits per heavy atom. The Morgan fingerprint density at radius 1 is 1.50 bits per heavy atom. The SMILES string of the molecule is CCC(C)N=NC(C)(C)O. The molecule has 0 rings (SSSR count). The number of aliphatic hydroxyl groups is 1. The summed E-state index contributed by atoms with van der Waals surface area (Å²) in [4.78, 5) is 0. The van der Waals surface area contributed by atoms with Crippen LogP contribution in [-0.4, -0.2) is 16.9 Å². The largest absolute Gasteiger partial charge is 0.368 e. The summed E-state index contributed by atoms with van der Waals surface area (Å²) in [5, 5.41) is 16.7. The van der Waals surface area contributed by atoms with Crippen LogP contribution in [-0.2, 0) is 0 Å². The summed E-state index contributed by atoms with van der Waals surface area (Å²) in [6, 6.07) is 0.214. The molecule has 0 heterocycles. The highest BCUT2D eigenvalue weighted by atomic mass is 16.3. The highest BCUT2D eigenvalue weighted by Crippen LogP contribution is 2.05. The van der Waals surface area contributed by atoms with Crippen LogP contribution in [0.3, 0.4) is 0 Å². The molecule has 0 aliphatic rings. The second-order valence-electron chi connectivity index (χ2n) is 2.97. The maximum atomic E-state index is 9.10. The van der Waals surface area contributed by atoms with Crippen LogP contribution < -0.4 is 0 Å². The lowest BCUT2D eigenvalue weighted by molar-refractivity contribution is 0.0804. The normalized spacial score (nSPS) is 16.1. The standard InChI is InChI=1S/C7H16N2O/c1-5-6(2)8-9-7(3,4)10/h6,10H,5H2,1-4H3. The number of nitrogens with zero attached hydrogens (tertiary/aromatic N) is 2. The molecule has 1 atom stereocenters. The van der Waals surface area contributed by atoms with Crippen LogP contribution in [0.5, 0.6) is 0 Å². The zero-order chi connectivity index (χ0) is 8.20. The lowest BCUT2D eigenvalue weighted by atomic mass is 10.3. The molecule has 10 heavy (non-hydrogen) atoms. The molecule has 0 aromatic rings. The minimum atomic E-state index is -1.01. The predicted molar refractivity (Wildman–Crippen MR) is 40.9 cm³/mol. The zero-order valence-electron chi connectivity index (χ0n) is 7.13. The number of azo groups is 1. The van der Waals surface area contributed by atoms with E-state index in [1.165, 1.54) is 0 Å². The van der Waals surface area contributed by atoms with Crippen LogP contribution in [0.2, 0.25) is 0 Å². The molecule has 0 amide bonds. The molecular weight excluding hydrogens is 128 g/mol. The maximum Gasteiger partial charge on any atom is 0.170 e. The van der Waals surface area contributed by atoms with Crippen molar-refractivity contribution in [3.8, 4) is 0 Å². The monoisotopic (exact) mass is 144 g/mol. The fourth-order valence-corrected chi connectivity index (χ4v) is 0.321. The molecule has 3 heteroatoms. The van der Waals surface area contributed by atoms with Crippen molar-refractivity contribution >= 4 is 0 Å². The summed E-state index contributed by atoms with van der Waals surface area (Å²) >= 11 is 0. The Bertz CT molecular complexity index is 115. The third-order valence-electron chi connectivity index (χ3n) is 1.09. The molecule has 60 valence electrons. The van der Waals surface area contributed by atoms with Gasteiger partial charge >= 0.3 is 0 Å². The van der Waals surface area contributed by atoms with E-state index in [4.69, 9.17) is 5.11 Å². The Balaban J connectivity index is 3.75. The van der Waals surface area contributed by atoms with E-state index in [-0.39, 0.29) is 6.04 Å². The summed E-state index contributed by atoms with van der Waals surface area (Å²) in [7, 11) is 0. The fourth-order valence-electron chi connectivity index (χ4n) is 0.321. The van der Waals surface area contributed by atoms with Gasteiger partial charge in [-0.2, -0.15) is 10.2 Å². The third kappa shape index (κ3) is 5.69. The second-order valence-corrected chi connectivity index (χ2v) is 2.97. The minimum absolute atomic E-state index is 0.214. The van der Waals surface area contributed by atoms with Gasteiger partial charge in [-0.15, -0.1) is 0 Å². The summed E-state index contributed by atoms with van der Waals surface area (Å²) in [6.07, 6.45) is 0.958. The average molecular weight is 144 g/mol. The van der Waals surface area contributed by atoms with Gasteiger partial charge in [0.15, 0.2) is 5.72 Å². The molecule has 0 radical (unpaired) electrons. The Hall–Kier alpha value is -0.440. The van der Waals surface area contributed by atoms with Crippen LogP contribution >= 0.6 is 0 Å². The van der Waals surface area contributed by atoms with Gasteiger partial charge in [-0.05, 0) is 27.2 Å². The van der Waals surface area contributed by atoms with Crippen molar-refractivity contribution in [2.75, 3.05) is 0 Å². The molecule has 1 unspecified atom stereocenters. The quantitative estimate of drug-likeness (QED) is 0.605.